The molecule has 5 N–H and O–H groups in total. The van der Waals surface area contributed by atoms with E-state index >= 15 is 0 Å². The topological polar surface area (TPSA) is 127 Å². The molecule has 0 amide bonds. The number of carbonyl (C=O) groups is 1. The van der Waals surface area contributed by atoms with Gasteiger partial charge in [0.1, 0.15) is 18.3 Å². The van der Waals surface area contributed by atoms with Gasteiger partial charge in [0.05, 0.1) is 0 Å². The molecule has 1 heterocycles. The van der Waals surface area contributed by atoms with Crippen LogP contribution in [0.15, 0.2) is 0 Å². The van der Waals surface area contributed by atoms with Crippen LogP contribution >= 0.6 is 0 Å². The second kappa shape index (κ2) is 5.04. The van der Waals surface area contributed by atoms with Crippen molar-refractivity contribution in [3.8, 4) is 0 Å². The molecule has 0 aliphatic carbocycles. The Morgan fingerprint density at radius 2 is 1.50 bits per heavy atom. The van der Waals surface area contributed by atoms with E-state index in [9.17, 15) is 4.79 Å². The van der Waals surface area contributed by atoms with Crippen molar-refractivity contribution in [3.05, 3.63) is 0 Å². The fraction of sp³-hybridized carbons (Fsp3) is 0.833. The standard InChI is InChI=1S/C6H10O7.Fe/c7-1-2(8)4(5(10)11)13-6(12)3(1)9;/h1-4,6-9,12H,(H,10,11);/t1-,2-,3+,4-,6+;/m0./s1. The molecule has 0 unspecified atom stereocenters. The summed E-state index contributed by atoms with van der Waals surface area (Å²) in [7, 11) is 0. The van der Waals surface area contributed by atoms with Crippen LogP contribution in [-0.2, 0) is 26.6 Å². The van der Waals surface area contributed by atoms with Crippen LogP contribution in [0.5, 0.6) is 0 Å². The van der Waals surface area contributed by atoms with E-state index in [1.165, 1.54) is 0 Å². The molecule has 8 heteroatoms. The van der Waals surface area contributed by atoms with Gasteiger partial charge in [0.2, 0.25) is 0 Å². The van der Waals surface area contributed by atoms with E-state index in [1.807, 2.05) is 0 Å². The number of ether oxygens (including phenoxy) is 1. The van der Waals surface area contributed by atoms with Crippen molar-refractivity contribution in [2.45, 2.75) is 30.7 Å². The molecule has 1 aliphatic heterocycles. The summed E-state index contributed by atoms with van der Waals surface area (Å²) in [6.45, 7) is 0. The van der Waals surface area contributed by atoms with Gasteiger partial charge in [-0.05, 0) is 0 Å². The van der Waals surface area contributed by atoms with Crippen molar-refractivity contribution in [2.24, 2.45) is 0 Å². The van der Waals surface area contributed by atoms with E-state index in [0.717, 1.165) is 0 Å². The van der Waals surface area contributed by atoms with E-state index in [-0.39, 0.29) is 17.1 Å². The maximum atomic E-state index is 10.4. The van der Waals surface area contributed by atoms with Gasteiger partial charge in [-0.2, -0.15) is 0 Å². The molecular formula is C6H10FeO7. The third-order valence-electron chi connectivity index (χ3n) is 1.83. The molecular weight excluding hydrogens is 240 g/mol. The first-order valence-electron chi connectivity index (χ1n) is 3.55. The van der Waals surface area contributed by atoms with Crippen LogP contribution in [0, 0.1) is 0 Å². The number of aliphatic hydroxyl groups excluding tert-OH is 4. The van der Waals surface area contributed by atoms with Gasteiger partial charge >= 0.3 is 5.97 Å². The molecule has 0 aromatic heterocycles. The molecule has 0 saturated carbocycles. The predicted molar refractivity (Wildman–Crippen MR) is 36.5 cm³/mol. The summed E-state index contributed by atoms with van der Waals surface area (Å²) in [6, 6.07) is 0. The molecule has 84 valence electrons. The molecule has 1 rings (SSSR count). The van der Waals surface area contributed by atoms with E-state index in [0.29, 0.717) is 0 Å². The number of aliphatic carboxylic acids is 1. The Labute approximate surface area is 89.4 Å². The predicted octanol–water partition coefficient (Wildman–Crippen LogP) is -3.13. The Kier molecular flexibility index (Phi) is 4.96. The summed E-state index contributed by atoms with van der Waals surface area (Å²) in [5.41, 5.74) is 0. The summed E-state index contributed by atoms with van der Waals surface area (Å²) in [5, 5.41) is 44.4. The normalized spacial score (nSPS) is 42.7. The molecule has 0 aromatic rings. The summed E-state index contributed by atoms with van der Waals surface area (Å²) < 4.78 is 4.34. The number of rotatable bonds is 1. The quantitative estimate of drug-likeness (QED) is 0.311. The number of hydrogen-bond donors (Lipinski definition) is 5. The smallest absolute Gasteiger partial charge is 0.335 e. The Hall–Kier alpha value is -0.211. The summed E-state index contributed by atoms with van der Waals surface area (Å²) in [6.07, 6.45) is -8.72. The molecule has 1 fully saturated rings. The van der Waals surface area contributed by atoms with Crippen molar-refractivity contribution >= 4 is 5.97 Å². The van der Waals surface area contributed by atoms with Crippen LogP contribution in [-0.4, -0.2) is 62.2 Å². The van der Waals surface area contributed by atoms with Crippen molar-refractivity contribution in [2.75, 3.05) is 0 Å². The van der Waals surface area contributed by atoms with Crippen LogP contribution in [0.4, 0.5) is 0 Å². The molecule has 0 radical (unpaired) electrons. The SMILES string of the molecule is O=C(O)[C@H]1O[C@@H](O)[C@H](O)[C@@H](O)[C@@H]1O.[Fe]. The summed E-state index contributed by atoms with van der Waals surface area (Å²) in [5.74, 6) is -1.52. The maximum absolute atomic E-state index is 10.4. The van der Waals surface area contributed by atoms with Crippen LogP contribution in [0.3, 0.4) is 0 Å². The van der Waals surface area contributed by atoms with Crippen molar-refractivity contribution in [1.82, 2.24) is 0 Å². The van der Waals surface area contributed by atoms with Crippen molar-refractivity contribution in [3.63, 3.8) is 0 Å². The molecule has 0 aromatic carbocycles. The minimum absolute atomic E-state index is 0. The fourth-order valence-corrected chi connectivity index (χ4v) is 1.07. The van der Waals surface area contributed by atoms with E-state index < -0.39 is 36.7 Å². The van der Waals surface area contributed by atoms with Crippen LogP contribution in [0.2, 0.25) is 0 Å². The van der Waals surface area contributed by atoms with Gasteiger partial charge in [-0.3, -0.25) is 0 Å². The third-order valence-corrected chi connectivity index (χ3v) is 1.83. The van der Waals surface area contributed by atoms with E-state index in [4.69, 9.17) is 25.5 Å². The van der Waals surface area contributed by atoms with E-state index in [1.54, 1.807) is 0 Å². The Balaban J connectivity index is 0.00000169. The van der Waals surface area contributed by atoms with Gasteiger partial charge in [-0.1, -0.05) is 0 Å². The zero-order valence-electron chi connectivity index (χ0n) is 6.79. The third kappa shape index (κ3) is 2.43. The molecule has 14 heavy (non-hydrogen) atoms. The Bertz CT molecular complexity index is 210. The average Bonchev–Trinajstić information content (AvgIpc) is 2.07. The minimum Gasteiger partial charge on any atom is -0.479 e. The first-order valence-corrected chi connectivity index (χ1v) is 3.55. The molecule has 0 spiro atoms. The van der Waals surface area contributed by atoms with Crippen LogP contribution in [0.25, 0.3) is 0 Å². The Morgan fingerprint density at radius 3 is 1.93 bits per heavy atom. The monoisotopic (exact) mass is 250 g/mol. The molecule has 1 saturated heterocycles. The summed E-state index contributed by atoms with van der Waals surface area (Å²) in [4.78, 5) is 10.4. The van der Waals surface area contributed by atoms with Gasteiger partial charge in [0.15, 0.2) is 12.4 Å². The van der Waals surface area contributed by atoms with Crippen molar-refractivity contribution < 1.29 is 52.1 Å². The van der Waals surface area contributed by atoms with E-state index in [2.05, 4.69) is 4.74 Å². The molecule has 0 bridgehead atoms. The largest absolute Gasteiger partial charge is 0.479 e. The van der Waals surface area contributed by atoms with Crippen molar-refractivity contribution in [1.29, 1.82) is 0 Å². The number of carboxylic acid groups (broad SMARTS) is 1. The van der Waals surface area contributed by atoms with Crippen LogP contribution < -0.4 is 0 Å². The van der Waals surface area contributed by atoms with Gasteiger partial charge in [-0.25, -0.2) is 4.79 Å². The Morgan fingerprint density at radius 1 is 1.00 bits per heavy atom. The average molecular weight is 250 g/mol. The molecule has 7 nitrogen and oxygen atoms in total. The number of carboxylic acids is 1. The fourth-order valence-electron chi connectivity index (χ4n) is 1.07. The first-order chi connectivity index (χ1) is 5.95. The van der Waals surface area contributed by atoms with Gasteiger partial charge in [0.25, 0.3) is 0 Å². The van der Waals surface area contributed by atoms with Gasteiger partial charge in [0, 0.05) is 17.1 Å². The number of aliphatic hydroxyl groups is 4. The zero-order valence-corrected chi connectivity index (χ0v) is 7.90. The second-order valence-corrected chi connectivity index (χ2v) is 2.76. The minimum atomic E-state index is -1.81. The second-order valence-electron chi connectivity index (χ2n) is 2.76. The van der Waals surface area contributed by atoms with Crippen LogP contribution in [0.1, 0.15) is 0 Å². The first kappa shape index (κ1) is 13.8. The van der Waals surface area contributed by atoms with Gasteiger partial charge < -0.3 is 30.3 Å². The molecule has 1 aliphatic rings. The zero-order chi connectivity index (χ0) is 10.2. The number of hydrogen-bond acceptors (Lipinski definition) is 6. The van der Waals surface area contributed by atoms with Gasteiger partial charge in [-0.15, -0.1) is 0 Å². The summed E-state index contributed by atoms with van der Waals surface area (Å²) >= 11 is 0. The molecule has 5 atom stereocenters. The maximum Gasteiger partial charge on any atom is 0.335 e.